The number of benzene rings is 2. The highest BCUT2D eigenvalue weighted by atomic mass is 35.5. The van der Waals surface area contributed by atoms with Gasteiger partial charge in [0.2, 0.25) is 0 Å². The molecule has 0 saturated heterocycles. The van der Waals surface area contributed by atoms with Crippen LogP contribution in [0.1, 0.15) is 11.1 Å². The number of hydrogen-bond donors (Lipinski definition) is 1. The van der Waals surface area contributed by atoms with Crippen molar-refractivity contribution in [3.05, 3.63) is 52.5 Å². The van der Waals surface area contributed by atoms with Crippen molar-refractivity contribution in [2.24, 2.45) is 0 Å². The number of anilines is 1. The lowest BCUT2D eigenvalue weighted by Gasteiger charge is -2.10. The Hall–Kier alpha value is -2.40. The van der Waals surface area contributed by atoms with Crippen molar-refractivity contribution in [3.8, 4) is 17.1 Å². The Kier molecular flexibility index (Phi) is 3.35. The Morgan fingerprint density at radius 1 is 1.10 bits per heavy atom. The summed E-state index contributed by atoms with van der Waals surface area (Å²) in [6.45, 7) is 4.05. The second kappa shape index (κ2) is 5.18. The van der Waals surface area contributed by atoms with E-state index in [1.165, 1.54) is 0 Å². The maximum Gasteiger partial charge on any atom is 0.188 e. The third-order valence-corrected chi connectivity index (χ3v) is 3.61. The summed E-state index contributed by atoms with van der Waals surface area (Å²) in [7, 11) is 0. The maximum absolute atomic E-state index is 6.26. The average molecular weight is 300 g/mol. The van der Waals surface area contributed by atoms with Crippen LogP contribution in [0.3, 0.4) is 0 Å². The summed E-state index contributed by atoms with van der Waals surface area (Å²) in [4.78, 5) is 0. The van der Waals surface area contributed by atoms with E-state index in [-0.39, 0.29) is 0 Å². The predicted molar refractivity (Wildman–Crippen MR) is 83.5 cm³/mol. The first-order valence-corrected chi connectivity index (χ1v) is 6.85. The van der Waals surface area contributed by atoms with Crippen molar-refractivity contribution in [2.75, 3.05) is 5.73 Å². The van der Waals surface area contributed by atoms with Gasteiger partial charge in [-0.3, -0.25) is 0 Å². The Balaban J connectivity index is 2.19. The van der Waals surface area contributed by atoms with Gasteiger partial charge in [-0.2, -0.15) is 4.68 Å². The molecule has 0 amide bonds. The van der Waals surface area contributed by atoms with Crippen molar-refractivity contribution in [1.29, 1.82) is 0 Å². The summed E-state index contributed by atoms with van der Waals surface area (Å²) in [6, 6.07) is 11.4. The summed E-state index contributed by atoms with van der Waals surface area (Å²) in [5, 5.41) is 12.5. The maximum atomic E-state index is 6.26. The zero-order valence-electron chi connectivity index (χ0n) is 11.7. The van der Waals surface area contributed by atoms with E-state index in [4.69, 9.17) is 17.3 Å². The van der Waals surface area contributed by atoms with Crippen LogP contribution in [-0.4, -0.2) is 20.2 Å². The van der Waals surface area contributed by atoms with Crippen LogP contribution in [0, 0.1) is 13.8 Å². The Bertz CT molecular complexity index is 810. The van der Waals surface area contributed by atoms with Crippen LogP contribution in [0.15, 0.2) is 36.4 Å². The van der Waals surface area contributed by atoms with E-state index in [2.05, 4.69) is 21.6 Å². The molecule has 21 heavy (non-hydrogen) atoms. The van der Waals surface area contributed by atoms with Gasteiger partial charge in [0.15, 0.2) is 5.82 Å². The Labute approximate surface area is 127 Å². The molecule has 106 valence electrons. The molecule has 0 unspecified atom stereocenters. The van der Waals surface area contributed by atoms with Crippen LogP contribution in [0.5, 0.6) is 0 Å². The van der Waals surface area contributed by atoms with E-state index in [1.807, 2.05) is 32.0 Å². The van der Waals surface area contributed by atoms with Gasteiger partial charge < -0.3 is 5.73 Å². The van der Waals surface area contributed by atoms with Gasteiger partial charge >= 0.3 is 0 Å². The van der Waals surface area contributed by atoms with Crippen LogP contribution in [0.25, 0.3) is 17.1 Å². The minimum atomic E-state index is 0.524. The fourth-order valence-electron chi connectivity index (χ4n) is 2.18. The van der Waals surface area contributed by atoms with Crippen molar-refractivity contribution >= 4 is 17.3 Å². The quantitative estimate of drug-likeness (QED) is 0.738. The van der Waals surface area contributed by atoms with Gasteiger partial charge in [-0.05, 0) is 59.7 Å². The molecule has 0 fully saturated rings. The van der Waals surface area contributed by atoms with Gasteiger partial charge in [-0.25, -0.2) is 0 Å². The van der Waals surface area contributed by atoms with Crippen molar-refractivity contribution < 1.29 is 0 Å². The molecule has 1 heterocycles. The third-order valence-electron chi connectivity index (χ3n) is 3.30. The minimum Gasteiger partial charge on any atom is -0.399 e. The van der Waals surface area contributed by atoms with Crippen LogP contribution in [-0.2, 0) is 0 Å². The van der Waals surface area contributed by atoms with Gasteiger partial charge in [-0.15, -0.1) is 5.10 Å². The summed E-state index contributed by atoms with van der Waals surface area (Å²) in [5.74, 6) is 0.591. The first-order chi connectivity index (χ1) is 10.1. The van der Waals surface area contributed by atoms with Crippen molar-refractivity contribution in [3.63, 3.8) is 0 Å². The van der Waals surface area contributed by atoms with E-state index >= 15 is 0 Å². The van der Waals surface area contributed by atoms with E-state index in [0.29, 0.717) is 16.5 Å². The number of hydrogen-bond acceptors (Lipinski definition) is 4. The number of nitrogens with two attached hydrogens (primary N) is 1. The highest BCUT2D eigenvalue weighted by Gasteiger charge is 2.15. The smallest absolute Gasteiger partial charge is 0.188 e. The average Bonchev–Trinajstić information content (AvgIpc) is 2.90. The first kappa shape index (κ1) is 13.6. The third kappa shape index (κ3) is 2.48. The number of nitrogen functional groups attached to an aromatic ring is 1. The molecule has 5 nitrogen and oxygen atoms in total. The summed E-state index contributed by atoms with van der Waals surface area (Å²) in [6.07, 6.45) is 0. The fourth-order valence-corrected chi connectivity index (χ4v) is 2.45. The standard InChI is InChI=1S/C15H14ClN5/c1-9-3-4-10(2)14(7-9)21-15(18-19-20-21)12-6-5-11(17)8-13(12)16/h3-8H,17H2,1-2H3. The molecule has 0 aliphatic heterocycles. The normalized spacial score (nSPS) is 10.8. The molecule has 0 bridgehead atoms. The number of rotatable bonds is 2. The molecular formula is C15H14ClN5. The van der Waals surface area contributed by atoms with E-state index < -0.39 is 0 Å². The second-order valence-electron chi connectivity index (χ2n) is 4.94. The van der Waals surface area contributed by atoms with Crippen molar-refractivity contribution in [2.45, 2.75) is 13.8 Å². The minimum absolute atomic E-state index is 0.524. The van der Waals surface area contributed by atoms with Crippen LogP contribution >= 0.6 is 11.6 Å². The summed E-state index contributed by atoms with van der Waals surface area (Å²) in [5.41, 5.74) is 10.2. The van der Waals surface area contributed by atoms with Crippen molar-refractivity contribution in [1.82, 2.24) is 20.2 Å². The summed E-state index contributed by atoms with van der Waals surface area (Å²) < 4.78 is 1.69. The first-order valence-electron chi connectivity index (χ1n) is 6.47. The molecular weight excluding hydrogens is 286 g/mol. The highest BCUT2D eigenvalue weighted by Crippen LogP contribution is 2.29. The Morgan fingerprint density at radius 2 is 1.90 bits per heavy atom. The highest BCUT2D eigenvalue weighted by molar-refractivity contribution is 6.33. The summed E-state index contributed by atoms with van der Waals surface area (Å²) >= 11 is 6.26. The Morgan fingerprint density at radius 3 is 2.67 bits per heavy atom. The molecule has 2 N–H and O–H groups in total. The molecule has 0 atom stereocenters. The monoisotopic (exact) mass is 299 g/mol. The molecule has 0 radical (unpaired) electrons. The molecule has 0 spiro atoms. The second-order valence-corrected chi connectivity index (χ2v) is 5.35. The molecule has 3 rings (SSSR count). The predicted octanol–water partition coefficient (Wildman–Crippen LogP) is 3.18. The van der Waals surface area contributed by atoms with E-state index in [9.17, 15) is 0 Å². The van der Waals surface area contributed by atoms with Gasteiger partial charge in [0.05, 0.1) is 10.7 Å². The molecule has 0 aliphatic rings. The van der Waals surface area contributed by atoms with Crippen LogP contribution in [0.2, 0.25) is 5.02 Å². The molecule has 3 aromatic rings. The zero-order valence-corrected chi connectivity index (χ0v) is 12.5. The largest absolute Gasteiger partial charge is 0.399 e. The van der Waals surface area contributed by atoms with Crippen LogP contribution < -0.4 is 5.73 Å². The van der Waals surface area contributed by atoms with Crippen LogP contribution in [0.4, 0.5) is 5.69 Å². The number of aryl methyl sites for hydroxylation is 2. The zero-order chi connectivity index (χ0) is 15.0. The number of halogens is 1. The fraction of sp³-hybridized carbons (Fsp3) is 0.133. The van der Waals surface area contributed by atoms with Gasteiger partial charge in [0, 0.05) is 11.3 Å². The lowest BCUT2D eigenvalue weighted by molar-refractivity contribution is 0.787. The topological polar surface area (TPSA) is 69.6 Å². The molecule has 2 aromatic carbocycles. The van der Waals surface area contributed by atoms with E-state index in [0.717, 1.165) is 22.4 Å². The number of nitrogens with zero attached hydrogens (tertiary/aromatic N) is 4. The van der Waals surface area contributed by atoms with Gasteiger partial charge in [0.25, 0.3) is 0 Å². The lowest BCUT2D eigenvalue weighted by atomic mass is 10.1. The van der Waals surface area contributed by atoms with Gasteiger partial charge in [0.1, 0.15) is 0 Å². The van der Waals surface area contributed by atoms with E-state index in [1.54, 1.807) is 16.8 Å². The number of tetrazole rings is 1. The van der Waals surface area contributed by atoms with Gasteiger partial charge in [-0.1, -0.05) is 23.7 Å². The lowest BCUT2D eigenvalue weighted by Crippen LogP contribution is -2.03. The molecule has 6 heteroatoms. The number of aromatic nitrogens is 4. The SMILES string of the molecule is Cc1ccc(C)c(-n2nnnc2-c2ccc(N)cc2Cl)c1. The molecule has 0 aliphatic carbocycles. The molecule has 1 aromatic heterocycles. The molecule has 0 saturated carbocycles.